The first-order valence-corrected chi connectivity index (χ1v) is 7.99. The van der Waals surface area contributed by atoms with Crippen LogP contribution in [-0.2, 0) is 22.7 Å². The van der Waals surface area contributed by atoms with Gasteiger partial charge in [-0.1, -0.05) is 30.3 Å². The van der Waals surface area contributed by atoms with Crippen molar-refractivity contribution in [3.63, 3.8) is 0 Å². The molecule has 0 bridgehead atoms. The Morgan fingerprint density at radius 1 is 1.08 bits per heavy atom. The van der Waals surface area contributed by atoms with Gasteiger partial charge in [-0.05, 0) is 17.7 Å². The molecule has 1 aromatic carbocycles. The molecular weight excluding hydrogens is 320 g/mol. The topological polar surface area (TPSA) is 92.3 Å². The van der Waals surface area contributed by atoms with Gasteiger partial charge in [-0.15, -0.1) is 0 Å². The van der Waals surface area contributed by atoms with Crippen molar-refractivity contribution in [1.82, 2.24) is 14.8 Å². The van der Waals surface area contributed by atoms with E-state index in [0.29, 0.717) is 42.4 Å². The molecule has 0 unspecified atom stereocenters. The third kappa shape index (κ3) is 4.20. The van der Waals surface area contributed by atoms with Crippen molar-refractivity contribution in [3.8, 4) is 0 Å². The third-order valence-corrected chi connectivity index (χ3v) is 3.64. The second-order valence-corrected chi connectivity index (χ2v) is 5.57. The van der Waals surface area contributed by atoms with E-state index in [1.165, 1.54) is 11.6 Å². The summed E-state index contributed by atoms with van der Waals surface area (Å²) in [6, 6.07) is 13.3. The second-order valence-electron chi connectivity index (χ2n) is 5.57. The number of aromatic nitrogens is 3. The molecule has 25 heavy (non-hydrogen) atoms. The van der Waals surface area contributed by atoms with E-state index >= 15 is 0 Å². The monoisotopic (exact) mass is 340 g/mol. The van der Waals surface area contributed by atoms with E-state index in [4.69, 9.17) is 15.2 Å². The molecule has 2 aromatic heterocycles. The van der Waals surface area contributed by atoms with Crippen LogP contribution in [0.3, 0.4) is 0 Å². The number of pyridine rings is 1. The van der Waals surface area contributed by atoms with Crippen LogP contribution in [-0.4, -0.2) is 33.9 Å². The van der Waals surface area contributed by atoms with Crippen LogP contribution >= 0.6 is 0 Å². The smallest absolute Gasteiger partial charge is 0.244 e. The first-order valence-electron chi connectivity index (χ1n) is 7.99. The molecule has 2 heterocycles. The highest BCUT2D eigenvalue weighted by atomic mass is 16.5. The number of fused-ring (bicyclic) bond motifs is 1. The highest BCUT2D eigenvalue weighted by molar-refractivity contribution is 5.89. The summed E-state index contributed by atoms with van der Waals surface area (Å²) in [6.45, 7) is 3.12. The van der Waals surface area contributed by atoms with E-state index in [-0.39, 0.29) is 12.5 Å². The highest BCUT2D eigenvalue weighted by Crippen LogP contribution is 2.18. The van der Waals surface area contributed by atoms with Crippen molar-refractivity contribution < 1.29 is 14.3 Å². The van der Waals surface area contributed by atoms with Crippen LogP contribution in [0.15, 0.2) is 42.5 Å². The third-order valence-electron chi connectivity index (χ3n) is 3.64. The molecule has 0 atom stereocenters. The molecule has 0 aliphatic heterocycles. The molecule has 7 heteroatoms. The molecule has 3 rings (SSSR count). The van der Waals surface area contributed by atoms with Gasteiger partial charge in [0.05, 0.1) is 31.9 Å². The summed E-state index contributed by atoms with van der Waals surface area (Å²) >= 11 is 0. The van der Waals surface area contributed by atoms with Crippen LogP contribution in [0.25, 0.3) is 11.0 Å². The summed E-state index contributed by atoms with van der Waals surface area (Å²) in [5, 5.41) is 4.28. The van der Waals surface area contributed by atoms with Crippen LogP contribution in [0, 0.1) is 0 Å². The lowest BCUT2D eigenvalue weighted by Crippen LogP contribution is -2.08. The fourth-order valence-electron chi connectivity index (χ4n) is 2.46. The summed E-state index contributed by atoms with van der Waals surface area (Å²) in [5.41, 5.74) is 8.65. The highest BCUT2D eigenvalue weighted by Gasteiger charge is 2.14. The molecule has 0 aliphatic carbocycles. The van der Waals surface area contributed by atoms with Gasteiger partial charge in [0.15, 0.2) is 0 Å². The Balaban J connectivity index is 1.54. The van der Waals surface area contributed by atoms with Gasteiger partial charge in [0.2, 0.25) is 5.91 Å². The summed E-state index contributed by atoms with van der Waals surface area (Å²) in [7, 11) is 0. The first kappa shape index (κ1) is 17.1. The van der Waals surface area contributed by atoms with Crippen LogP contribution in [0.5, 0.6) is 0 Å². The lowest BCUT2D eigenvalue weighted by Gasteiger charge is -2.05. The maximum absolute atomic E-state index is 11.7. The molecule has 0 radical (unpaired) electrons. The first-order chi connectivity index (χ1) is 12.1. The Morgan fingerprint density at radius 3 is 2.52 bits per heavy atom. The normalized spacial score (nSPS) is 11.1. The van der Waals surface area contributed by atoms with Crippen molar-refractivity contribution in [3.05, 3.63) is 53.7 Å². The number of benzene rings is 1. The molecule has 130 valence electrons. The zero-order valence-electron chi connectivity index (χ0n) is 14.0. The molecule has 0 fully saturated rings. The number of anilines is 1. The number of hydrogen-bond acceptors (Lipinski definition) is 6. The second kappa shape index (κ2) is 7.87. The van der Waals surface area contributed by atoms with Gasteiger partial charge in [-0.2, -0.15) is 9.78 Å². The number of ether oxygens (including phenoxy) is 2. The Labute approximate surface area is 145 Å². The summed E-state index contributed by atoms with van der Waals surface area (Å²) in [4.78, 5) is 16.0. The lowest BCUT2D eigenvalue weighted by atomic mass is 10.2. The largest absolute Gasteiger partial charge is 0.384 e. The van der Waals surface area contributed by atoms with E-state index in [9.17, 15) is 4.79 Å². The van der Waals surface area contributed by atoms with Crippen molar-refractivity contribution in [1.29, 1.82) is 0 Å². The predicted molar refractivity (Wildman–Crippen MR) is 94.0 cm³/mol. The number of carbonyl (C=O) groups is 1. The van der Waals surface area contributed by atoms with E-state index in [0.717, 1.165) is 5.56 Å². The van der Waals surface area contributed by atoms with Gasteiger partial charge < -0.3 is 15.2 Å². The maximum atomic E-state index is 11.7. The molecule has 0 saturated heterocycles. The minimum Gasteiger partial charge on any atom is -0.384 e. The zero-order valence-corrected chi connectivity index (χ0v) is 14.0. The number of hydrogen-bond donors (Lipinski definition) is 1. The average molecular weight is 340 g/mol. The van der Waals surface area contributed by atoms with Gasteiger partial charge in [-0.25, -0.2) is 4.98 Å². The minimum absolute atomic E-state index is 0.186. The van der Waals surface area contributed by atoms with Crippen LogP contribution in [0.2, 0.25) is 0 Å². The van der Waals surface area contributed by atoms with E-state index in [1.807, 2.05) is 30.3 Å². The minimum atomic E-state index is -0.186. The standard InChI is InChI=1S/C18H20N4O3/c1-13(23)22-16-7-8-17(19)20-18(16)15(21-22)12-25-10-9-24-11-14-5-3-2-4-6-14/h2-8H,9-12H2,1H3,(H2,19,20). The molecule has 3 aromatic rings. The number of nitrogens with zero attached hydrogens (tertiary/aromatic N) is 3. The average Bonchev–Trinajstić information content (AvgIpc) is 2.97. The number of nitrogen functional groups attached to an aromatic ring is 1. The summed E-state index contributed by atoms with van der Waals surface area (Å²) in [5.74, 6) is 0.192. The zero-order chi connectivity index (χ0) is 17.6. The number of nitrogens with two attached hydrogens (primary N) is 1. The van der Waals surface area contributed by atoms with Gasteiger partial charge in [0.25, 0.3) is 0 Å². The van der Waals surface area contributed by atoms with Gasteiger partial charge in [0.1, 0.15) is 17.0 Å². The fourth-order valence-corrected chi connectivity index (χ4v) is 2.46. The SMILES string of the molecule is CC(=O)n1nc(COCCOCc2ccccc2)c2nc(N)ccc21. The van der Waals surface area contributed by atoms with Gasteiger partial charge in [-0.3, -0.25) is 4.79 Å². The number of rotatable bonds is 7. The summed E-state index contributed by atoms with van der Waals surface area (Å²) in [6.07, 6.45) is 0. The maximum Gasteiger partial charge on any atom is 0.244 e. The van der Waals surface area contributed by atoms with Gasteiger partial charge >= 0.3 is 0 Å². The van der Waals surface area contributed by atoms with Crippen LogP contribution in [0.1, 0.15) is 23.0 Å². The lowest BCUT2D eigenvalue weighted by molar-refractivity contribution is 0.0330. The van der Waals surface area contributed by atoms with Crippen molar-refractivity contribution in [2.45, 2.75) is 20.1 Å². The predicted octanol–water partition coefficient (Wildman–Crippen LogP) is 2.41. The summed E-state index contributed by atoms with van der Waals surface area (Å²) < 4.78 is 12.5. The van der Waals surface area contributed by atoms with Crippen LogP contribution in [0.4, 0.5) is 5.82 Å². The molecule has 2 N–H and O–H groups in total. The Hall–Kier alpha value is -2.77. The molecule has 0 spiro atoms. The van der Waals surface area contributed by atoms with E-state index in [2.05, 4.69) is 10.1 Å². The molecule has 7 nitrogen and oxygen atoms in total. The van der Waals surface area contributed by atoms with Crippen molar-refractivity contribution in [2.75, 3.05) is 18.9 Å². The molecule has 0 saturated carbocycles. The van der Waals surface area contributed by atoms with Crippen molar-refractivity contribution >= 4 is 22.8 Å². The molecule has 0 aliphatic rings. The Bertz CT molecular complexity index is 861. The Morgan fingerprint density at radius 2 is 1.80 bits per heavy atom. The van der Waals surface area contributed by atoms with Crippen LogP contribution < -0.4 is 5.73 Å². The van der Waals surface area contributed by atoms with E-state index < -0.39 is 0 Å². The Kier molecular flexibility index (Phi) is 5.37. The quantitative estimate of drug-likeness (QED) is 0.664. The van der Waals surface area contributed by atoms with Gasteiger partial charge in [0, 0.05) is 6.92 Å². The number of carbonyl (C=O) groups excluding carboxylic acids is 1. The molecular formula is C18H20N4O3. The van der Waals surface area contributed by atoms with Crippen molar-refractivity contribution in [2.24, 2.45) is 0 Å². The molecule has 0 amide bonds. The fraction of sp³-hybridized carbons (Fsp3) is 0.278. The van der Waals surface area contributed by atoms with E-state index in [1.54, 1.807) is 12.1 Å².